The van der Waals surface area contributed by atoms with Gasteiger partial charge in [-0.05, 0) is 30.3 Å². The van der Waals surface area contributed by atoms with Crippen molar-refractivity contribution >= 4 is 24.2 Å². The molecule has 1 N–H and O–H groups in total. The van der Waals surface area contributed by atoms with Crippen LogP contribution in [-0.2, 0) is 0 Å². The molecule has 0 radical (unpaired) electrons. The van der Waals surface area contributed by atoms with Gasteiger partial charge in [-0.15, -0.1) is 12.6 Å². The van der Waals surface area contributed by atoms with Gasteiger partial charge < -0.3 is 5.32 Å². The third-order valence-corrected chi connectivity index (χ3v) is 2.51. The van der Waals surface area contributed by atoms with Gasteiger partial charge in [0.1, 0.15) is 5.82 Å². The molecule has 0 atom stereocenters. The SMILES string of the molecule is O=C(Nc1ccccc1F)c1cccc(S)c1. The largest absolute Gasteiger partial charge is 0.319 e. The van der Waals surface area contributed by atoms with E-state index in [-0.39, 0.29) is 11.6 Å². The molecule has 0 unspecified atom stereocenters. The average Bonchev–Trinajstić information content (AvgIpc) is 2.32. The van der Waals surface area contributed by atoms with Crippen molar-refractivity contribution in [3.63, 3.8) is 0 Å². The van der Waals surface area contributed by atoms with Crippen LogP contribution < -0.4 is 5.32 Å². The number of hydrogen-bond donors (Lipinski definition) is 2. The molecule has 0 aliphatic heterocycles. The van der Waals surface area contributed by atoms with Crippen molar-refractivity contribution < 1.29 is 9.18 Å². The lowest BCUT2D eigenvalue weighted by Gasteiger charge is -2.06. The van der Waals surface area contributed by atoms with E-state index in [1.165, 1.54) is 12.1 Å². The second-order valence-electron chi connectivity index (χ2n) is 3.48. The van der Waals surface area contributed by atoms with E-state index in [4.69, 9.17) is 0 Å². The summed E-state index contributed by atoms with van der Waals surface area (Å²) in [4.78, 5) is 12.5. The summed E-state index contributed by atoms with van der Waals surface area (Å²) in [5.74, 6) is -0.811. The van der Waals surface area contributed by atoms with Crippen LogP contribution >= 0.6 is 12.6 Å². The smallest absolute Gasteiger partial charge is 0.255 e. The molecule has 17 heavy (non-hydrogen) atoms. The summed E-state index contributed by atoms with van der Waals surface area (Å²) >= 11 is 4.14. The molecule has 2 rings (SSSR count). The molecule has 0 saturated heterocycles. The Labute approximate surface area is 104 Å². The minimum atomic E-state index is -0.456. The summed E-state index contributed by atoms with van der Waals surface area (Å²) in [5, 5.41) is 2.51. The molecule has 0 aliphatic carbocycles. The first-order chi connectivity index (χ1) is 8.16. The van der Waals surface area contributed by atoms with E-state index < -0.39 is 5.82 Å². The number of benzene rings is 2. The lowest BCUT2D eigenvalue weighted by atomic mass is 10.2. The van der Waals surface area contributed by atoms with Crippen molar-refractivity contribution in [2.45, 2.75) is 4.90 Å². The van der Waals surface area contributed by atoms with E-state index in [0.717, 1.165) is 0 Å². The van der Waals surface area contributed by atoms with Crippen LogP contribution in [0.15, 0.2) is 53.4 Å². The molecule has 4 heteroatoms. The summed E-state index contributed by atoms with van der Waals surface area (Å²) < 4.78 is 13.3. The highest BCUT2D eigenvalue weighted by molar-refractivity contribution is 7.80. The van der Waals surface area contributed by atoms with E-state index >= 15 is 0 Å². The number of nitrogens with one attached hydrogen (secondary N) is 1. The van der Waals surface area contributed by atoms with Crippen LogP contribution in [0.25, 0.3) is 0 Å². The summed E-state index contributed by atoms with van der Waals surface area (Å²) in [6.07, 6.45) is 0. The Morgan fingerprint density at radius 3 is 2.59 bits per heavy atom. The fourth-order valence-electron chi connectivity index (χ4n) is 1.40. The predicted molar refractivity (Wildman–Crippen MR) is 68.0 cm³/mol. The molecule has 1 amide bonds. The third-order valence-electron chi connectivity index (χ3n) is 2.23. The summed E-state index contributed by atoms with van der Waals surface area (Å²) in [6.45, 7) is 0. The average molecular weight is 247 g/mol. The number of anilines is 1. The van der Waals surface area contributed by atoms with Gasteiger partial charge in [0, 0.05) is 10.5 Å². The highest BCUT2D eigenvalue weighted by Crippen LogP contribution is 2.15. The topological polar surface area (TPSA) is 29.1 Å². The van der Waals surface area contributed by atoms with Crippen LogP contribution in [0, 0.1) is 5.82 Å². The lowest BCUT2D eigenvalue weighted by molar-refractivity contribution is 0.102. The zero-order valence-corrected chi connectivity index (χ0v) is 9.75. The molecule has 2 nitrogen and oxygen atoms in total. The summed E-state index contributed by atoms with van der Waals surface area (Å²) in [7, 11) is 0. The third kappa shape index (κ3) is 2.85. The monoisotopic (exact) mass is 247 g/mol. The van der Waals surface area contributed by atoms with Gasteiger partial charge in [0.15, 0.2) is 0 Å². The quantitative estimate of drug-likeness (QED) is 0.783. The van der Waals surface area contributed by atoms with E-state index in [9.17, 15) is 9.18 Å². The van der Waals surface area contributed by atoms with Gasteiger partial charge in [-0.2, -0.15) is 0 Å². The Bertz CT molecular complexity index is 557. The number of halogens is 1. The minimum Gasteiger partial charge on any atom is -0.319 e. The van der Waals surface area contributed by atoms with Crippen LogP contribution in [0.1, 0.15) is 10.4 Å². The molecule has 0 bridgehead atoms. The molecule has 0 aromatic heterocycles. The van der Waals surface area contributed by atoms with Gasteiger partial charge >= 0.3 is 0 Å². The van der Waals surface area contributed by atoms with Gasteiger partial charge in [0.25, 0.3) is 5.91 Å². The lowest BCUT2D eigenvalue weighted by Crippen LogP contribution is -2.12. The number of rotatable bonds is 2. The van der Waals surface area contributed by atoms with E-state index in [2.05, 4.69) is 17.9 Å². The van der Waals surface area contributed by atoms with E-state index in [1.54, 1.807) is 36.4 Å². The van der Waals surface area contributed by atoms with Gasteiger partial charge in [0.2, 0.25) is 0 Å². The van der Waals surface area contributed by atoms with Crippen molar-refractivity contribution in [1.29, 1.82) is 0 Å². The summed E-state index contributed by atoms with van der Waals surface area (Å²) in [5.41, 5.74) is 0.614. The highest BCUT2D eigenvalue weighted by atomic mass is 32.1. The molecule has 0 aliphatic rings. The van der Waals surface area contributed by atoms with Crippen molar-refractivity contribution in [2.75, 3.05) is 5.32 Å². The number of amides is 1. The zero-order valence-electron chi connectivity index (χ0n) is 8.85. The fourth-order valence-corrected chi connectivity index (χ4v) is 1.63. The Kier molecular flexibility index (Phi) is 3.44. The molecule has 0 heterocycles. The number of para-hydroxylation sites is 1. The van der Waals surface area contributed by atoms with E-state index in [1.807, 2.05) is 0 Å². The number of thiol groups is 1. The Morgan fingerprint density at radius 2 is 1.88 bits per heavy atom. The molecule has 86 valence electrons. The van der Waals surface area contributed by atoms with Crippen molar-refractivity contribution in [3.8, 4) is 0 Å². The minimum absolute atomic E-state index is 0.169. The molecular weight excluding hydrogens is 237 g/mol. The van der Waals surface area contributed by atoms with E-state index in [0.29, 0.717) is 10.5 Å². The molecule has 2 aromatic carbocycles. The van der Waals surface area contributed by atoms with Gasteiger partial charge in [-0.25, -0.2) is 4.39 Å². The molecule has 0 spiro atoms. The Balaban J connectivity index is 2.20. The highest BCUT2D eigenvalue weighted by Gasteiger charge is 2.08. The first-order valence-corrected chi connectivity index (χ1v) is 5.46. The van der Waals surface area contributed by atoms with Gasteiger partial charge in [-0.1, -0.05) is 18.2 Å². The van der Waals surface area contributed by atoms with Crippen LogP contribution in [0.4, 0.5) is 10.1 Å². The first kappa shape index (κ1) is 11.7. The Morgan fingerprint density at radius 1 is 1.12 bits per heavy atom. The van der Waals surface area contributed by atoms with Gasteiger partial charge in [0.05, 0.1) is 5.69 Å². The van der Waals surface area contributed by atoms with Crippen LogP contribution in [0.5, 0.6) is 0 Å². The molecule has 0 saturated carbocycles. The number of carbonyl (C=O) groups is 1. The van der Waals surface area contributed by atoms with Crippen molar-refractivity contribution in [1.82, 2.24) is 0 Å². The number of carbonyl (C=O) groups excluding carboxylic acids is 1. The molecule has 2 aromatic rings. The van der Waals surface area contributed by atoms with Crippen LogP contribution in [-0.4, -0.2) is 5.91 Å². The first-order valence-electron chi connectivity index (χ1n) is 5.02. The number of hydrogen-bond acceptors (Lipinski definition) is 2. The van der Waals surface area contributed by atoms with Crippen LogP contribution in [0.3, 0.4) is 0 Å². The zero-order chi connectivity index (χ0) is 12.3. The molecular formula is C13H10FNOS. The standard InChI is InChI=1S/C13H10FNOS/c14-11-6-1-2-7-12(11)15-13(16)9-4-3-5-10(17)8-9/h1-8,17H,(H,15,16). The fraction of sp³-hybridized carbons (Fsp3) is 0. The maximum Gasteiger partial charge on any atom is 0.255 e. The Hall–Kier alpha value is -1.81. The normalized spacial score (nSPS) is 10.0. The maximum atomic E-state index is 13.3. The van der Waals surface area contributed by atoms with Crippen molar-refractivity contribution in [2.24, 2.45) is 0 Å². The van der Waals surface area contributed by atoms with Crippen LogP contribution in [0.2, 0.25) is 0 Å². The van der Waals surface area contributed by atoms with Gasteiger partial charge in [-0.3, -0.25) is 4.79 Å². The molecule has 0 fully saturated rings. The summed E-state index contributed by atoms with van der Waals surface area (Å²) in [6, 6.07) is 12.8. The maximum absolute atomic E-state index is 13.3. The second kappa shape index (κ2) is 5.01. The van der Waals surface area contributed by atoms with Crippen molar-refractivity contribution in [3.05, 3.63) is 59.9 Å². The predicted octanol–water partition coefficient (Wildman–Crippen LogP) is 3.37. The second-order valence-corrected chi connectivity index (χ2v) is 4.00.